The highest BCUT2D eigenvalue weighted by Crippen LogP contribution is 2.46. The van der Waals surface area contributed by atoms with Crippen LogP contribution < -0.4 is 21.7 Å². The number of primary amides is 2. The fraction of sp³-hybridized carbons (Fsp3) is 0.366. The normalized spacial score (nSPS) is 22.8. The molecule has 0 spiro atoms. The van der Waals surface area contributed by atoms with Gasteiger partial charge in [-0.05, 0) is 78.6 Å². The first-order chi connectivity index (χ1) is 23.3. The molecule has 2 heterocycles. The second-order valence-electron chi connectivity index (χ2n) is 13.3. The maximum atomic E-state index is 12.7. The Morgan fingerprint density at radius 1 is 0.833 bits per heavy atom. The Hall–Kier alpha value is -4.62. The van der Waals surface area contributed by atoms with Gasteiger partial charge in [0.05, 0.1) is 5.41 Å². The van der Waals surface area contributed by atoms with E-state index in [1.165, 1.54) is 11.1 Å². The molecule has 7 nitrogen and oxygen atoms in total. The number of nitrogens with zero attached hydrogens (tertiary/aromatic N) is 1. The average Bonchev–Trinajstić information content (AvgIpc) is 3.13. The molecule has 0 bridgehead atoms. The first-order valence-corrected chi connectivity index (χ1v) is 17.3. The van der Waals surface area contributed by atoms with Crippen LogP contribution in [0.4, 0.5) is 5.69 Å². The molecule has 4 aromatic carbocycles. The van der Waals surface area contributed by atoms with Crippen LogP contribution in [0.25, 0.3) is 0 Å². The van der Waals surface area contributed by atoms with Crippen LogP contribution in [0.2, 0.25) is 0 Å². The molecule has 4 aromatic rings. The third-order valence-corrected chi connectivity index (χ3v) is 10.8. The summed E-state index contributed by atoms with van der Waals surface area (Å²) < 4.78 is 0. The van der Waals surface area contributed by atoms with Crippen LogP contribution in [0, 0.1) is 17.8 Å². The fourth-order valence-corrected chi connectivity index (χ4v) is 8.14. The summed E-state index contributed by atoms with van der Waals surface area (Å²) in [6, 6.07) is 38.3. The summed E-state index contributed by atoms with van der Waals surface area (Å²) >= 11 is 0. The molecule has 0 aromatic heterocycles. The van der Waals surface area contributed by atoms with Crippen molar-refractivity contribution in [1.82, 2.24) is 5.32 Å². The highest BCUT2D eigenvalue weighted by molar-refractivity contribution is 5.87. The molecule has 6 N–H and O–H groups in total. The maximum absolute atomic E-state index is 12.7. The van der Waals surface area contributed by atoms with Crippen LogP contribution >= 0.6 is 0 Å². The Morgan fingerprint density at radius 3 is 1.94 bits per heavy atom. The monoisotopic (exact) mass is 646 g/mol. The van der Waals surface area contributed by atoms with Crippen molar-refractivity contribution in [1.29, 1.82) is 0 Å². The third-order valence-electron chi connectivity index (χ3n) is 10.8. The standard InChI is InChI=1S/C21H26N2O.C20H24N2O2/c1-2-21(20(22)24,17-11-7-4-8-12-17)19-13-14-23-15-18(19)16-9-5-3-6-10-16;1-14(20(21)24)18-11-12-22(16-7-9-17(23)10-8-16)13-19(18)15-5-3-2-4-6-15/h3-12,18-19,23H,2,13-15H2,1H3,(H2,22,24);2-10,14,18-19,23H,11-13H2,1H3,(H2,21,24). The van der Waals surface area contributed by atoms with Crippen molar-refractivity contribution in [3.8, 4) is 5.75 Å². The first kappa shape index (κ1) is 34.7. The molecular formula is C41H50N4O3. The molecule has 7 heteroatoms. The Bertz CT molecular complexity index is 1600. The van der Waals surface area contributed by atoms with Gasteiger partial charge in [-0.3, -0.25) is 9.59 Å². The third kappa shape index (κ3) is 7.57. The lowest BCUT2D eigenvalue weighted by Gasteiger charge is -2.45. The second kappa shape index (κ2) is 16.0. The summed E-state index contributed by atoms with van der Waals surface area (Å²) in [6.07, 6.45) is 2.59. The van der Waals surface area contributed by atoms with E-state index in [2.05, 4.69) is 65.7 Å². The molecule has 48 heavy (non-hydrogen) atoms. The average molecular weight is 647 g/mol. The minimum absolute atomic E-state index is 0.142. The van der Waals surface area contributed by atoms with Gasteiger partial charge in [-0.25, -0.2) is 0 Å². The number of nitrogens with two attached hydrogens (primary N) is 2. The lowest BCUT2D eigenvalue weighted by atomic mass is 9.60. The summed E-state index contributed by atoms with van der Waals surface area (Å²) in [5, 5.41) is 13.0. The van der Waals surface area contributed by atoms with E-state index >= 15 is 0 Å². The molecule has 2 amide bonds. The largest absolute Gasteiger partial charge is 0.508 e. The molecule has 2 aliphatic heterocycles. The van der Waals surface area contributed by atoms with E-state index in [1.807, 2.05) is 61.5 Å². The highest BCUT2D eigenvalue weighted by Gasteiger charge is 2.48. The Kier molecular flexibility index (Phi) is 11.6. The van der Waals surface area contributed by atoms with Crippen LogP contribution in [0.5, 0.6) is 5.75 Å². The minimum Gasteiger partial charge on any atom is -0.508 e. The van der Waals surface area contributed by atoms with E-state index in [0.717, 1.165) is 56.7 Å². The van der Waals surface area contributed by atoms with Crippen LogP contribution in [-0.2, 0) is 15.0 Å². The number of nitrogens with one attached hydrogen (secondary N) is 1. The van der Waals surface area contributed by atoms with E-state index in [4.69, 9.17) is 11.5 Å². The van der Waals surface area contributed by atoms with E-state index < -0.39 is 5.41 Å². The highest BCUT2D eigenvalue weighted by atomic mass is 16.3. The van der Waals surface area contributed by atoms with Gasteiger partial charge >= 0.3 is 0 Å². The van der Waals surface area contributed by atoms with E-state index in [1.54, 1.807) is 12.1 Å². The Morgan fingerprint density at radius 2 is 1.40 bits per heavy atom. The molecular weight excluding hydrogens is 596 g/mol. The number of benzene rings is 4. The number of rotatable bonds is 9. The molecule has 2 fully saturated rings. The summed E-state index contributed by atoms with van der Waals surface area (Å²) in [5.74, 6) is 0.698. The number of hydrogen-bond acceptors (Lipinski definition) is 5. The molecule has 2 saturated heterocycles. The number of aromatic hydroxyl groups is 1. The van der Waals surface area contributed by atoms with Crippen LogP contribution in [0.3, 0.4) is 0 Å². The topological polar surface area (TPSA) is 122 Å². The summed E-state index contributed by atoms with van der Waals surface area (Å²) in [6.45, 7) is 7.57. The number of amides is 2. The van der Waals surface area contributed by atoms with Gasteiger partial charge < -0.3 is 26.8 Å². The molecule has 0 saturated carbocycles. The zero-order valence-electron chi connectivity index (χ0n) is 28.2. The predicted octanol–water partition coefficient (Wildman–Crippen LogP) is 6.34. The van der Waals surface area contributed by atoms with Crippen molar-refractivity contribution in [2.75, 3.05) is 31.1 Å². The SMILES string of the molecule is CC(C(N)=O)C1CCN(c2ccc(O)cc2)CC1c1ccccc1.CCC(C(N)=O)(c1ccccc1)C1CCNCC1c1ccccc1. The van der Waals surface area contributed by atoms with Gasteiger partial charge in [0.1, 0.15) is 5.75 Å². The van der Waals surface area contributed by atoms with Gasteiger partial charge in [0, 0.05) is 43.1 Å². The number of carbonyl (C=O) groups excluding carboxylic acids is 2. The van der Waals surface area contributed by atoms with Gasteiger partial charge in [0.25, 0.3) is 0 Å². The van der Waals surface area contributed by atoms with E-state index in [0.29, 0.717) is 0 Å². The van der Waals surface area contributed by atoms with Gasteiger partial charge in [-0.1, -0.05) is 105 Å². The molecule has 6 rings (SSSR count). The lowest BCUT2D eigenvalue weighted by molar-refractivity contribution is -0.126. The van der Waals surface area contributed by atoms with Crippen molar-refractivity contribution in [3.05, 3.63) is 132 Å². The minimum atomic E-state index is -0.621. The molecule has 6 unspecified atom stereocenters. The molecule has 252 valence electrons. The zero-order chi connectivity index (χ0) is 34.1. The first-order valence-electron chi connectivity index (χ1n) is 17.3. The molecule has 6 atom stereocenters. The summed E-state index contributed by atoms with van der Waals surface area (Å²) in [7, 11) is 0. The van der Waals surface area contributed by atoms with E-state index in [9.17, 15) is 14.7 Å². The predicted molar refractivity (Wildman–Crippen MR) is 194 cm³/mol. The smallest absolute Gasteiger partial charge is 0.228 e. The maximum Gasteiger partial charge on any atom is 0.228 e. The van der Waals surface area contributed by atoms with Gasteiger partial charge in [0.2, 0.25) is 11.8 Å². The van der Waals surface area contributed by atoms with E-state index in [-0.39, 0.29) is 47.2 Å². The number of phenolic OH excluding ortho intramolecular Hbond substituents is 1. The van der Waals surface area contributed by atoms with Crippen molar-refractivity contribution in [3.63, 3.8) is 0 Å². The molecule has 0 aliphatic carbocycles. The quantitative estimate of drug-likeness (QED) is 0.169. The number of carbonyl (C=O) groups is 2. The number of anilines is 1. The van der Waals surface area contributed by atoms with Crippen molar-refractivity contribution in [2.45, 2.75) is 50.4 Å². The summed E-state index contributed by atoms with van der Waals surface area (Å²) in [4.78, 5) is 26.8. The van der Waals surface area contributed by atoms with Gasteiger partial charge in [-0.2, -0.15) is 0 Å². The fourth-order valence-electron chi connectivity index (χ4n) is 8.14. The van der Waals surface area contributed by atoms with Crippen molar-refractivity contribution < 1.29 is 14.7 Å². The van der Waals surface area contributed by atoms with Gasteiger partial charge in [-0.15, -0.1) is 0 Å². The Balaban J connectivity index is 0.000000188. The van der Waals surface area contributed by atoms with Crippen molar-refractivity contribution in [2.24, 2.45) is 29.2 Å². The number of hydrogen-bond donors (Lipinski definition) is 4. The van der Waals surface area contributed by atoms with Crippen LogP contribution in [-0.4, -0.2) is 43.1 Å². The van der Waals surface area contributed by atoms with Gasteiger partial charge in [0.15, 0.2) is 0 Å². The van der Waals surface area contributed by atoms with Crippen LogP contribution in [0.15, 0.2) is 115 Å². The molecule has 2 aliphatic rings. The zero-order valence-corrected chi connectivity index (χ0v) is 28.2. The molecule has 0 radical (unpaired) electrons. The Labute approximate surface area is 285 Å². The number of piperidine rings is 2. The van der Waals surface area contributed by atoms with Crippen molar-refractivity contribution >= 4 is 17.5 Å². The number of phenols is 1. The second-order valence-corrected chi connectivity index (χ2v) is 13.3. The summed E-state index contributed by atoms with van der Waals surface area (Å²) in [5.41, 5.74) is 15.7. The van der Waals surface area contributed by atoms with Crippen LogP contribution in [0.1, 0.15) is 61.6 Å². The lowest BCUT2D eigenvalue weighted by Crippen LogP contribution is -2.53.